The molecule has 3 unspecified atom stereocenters. The Balaban J connectivity index is 0.000000156. The number of hydrogen-bond acceptors (Lipinski definition) is 26. The second-order valence-corrected chi connectivity index (χ2v) is 37.3. The second kappa shape index (κ2) is 59.5. The highest BCUT2D eigenvalue weighted by Gasteiger charge is 2.35. The van der Waals surface area contributed by atoms with Crippen molar-refractivity contribution in [2.45, 2.75) is 173 Å². The van der Waals surface area contributed by atoms with Crippen LogP contribution in [0.1, 0.15) is 155 Å². The van der Waals surface area contributed by atoms with E-state index < -0.39 is 36.1 Å². The molecule has 4 N–H and O–H groups in total. The van der Waals surface area contributed by atoms with E-state index in [0.717, 1.165) is 228 Å². The highest BCUT2D eigenvalue weighted by Crippen LogP contribution is 2.40. The van der Waals surface area contributed by atoms with Gasteiger partial charge in [0.05, 0.1) is 115 Å². The van der Waals surface area contributed by atoms with Crippen LogP contribution in [0.2, 0.25) is 0 Å². The van der Waals surface area contributed by atoms with E-state index in [1.807, 2.05) is 242 Å². The SMILES string of the molecule is O=C(O)CCCCCOc1ccccc1-c1cnc(-c2ccc(-c3ccco3)cc2)s1.O=C(O)CCCCCOc1ccccc1COC(CCN1CCOCC1)COc1ccc(-c2ccco2)cc1.O=C(O)CCCCCOc1ccccc1COC(CC[N+]1([O-])CCOCC1)COc1ccc(-c2ccco2)cc1.O=C1C=C(O)OC(CCCCCOc2ccccc2CN(C(=O)c2ccc(-c3ccco3)cc2)C2CC2)O1. The summed E-state index contributed by atoms with van der Waals surface area (Å²) in [5, 5.41) is 49.7. The van der Waals surface area contributed by atoms with Crippen LogP contribution in [0.15, 0.2) is 304 Å². The van der Waals surface area contributed by atoms with Gasteiger partial charge >= 0.3 is 23.9 Å². The molecule has 0 radical (unpaired) electrons. The third kappa shape index (κ3) is 37.0. The number of thiazole rings is 1. The van der Waals surface area contributed by atoms with Gasteiger partial charge in [0.1, 0.15) is 94.9 Å². The number of rotatable bonds is 56. The number of aromatic nitrogens is 1. The fourth-order valence-electron chi connectivity index (χ4n) is 16.7. The van der Waals surface area contributed by atoms with Gasteiger partial charge in [0.15, 0.2) is 0 Å². The number of carboxylic acids is 3. The highest BCUT2D eigenvalue weighted by molar-refractivity contribution is 7.18. The summed E-state index contributed by atoms with van der Waals surface area (Å²) < 4.78 is 91.6. The summed E-state index contributed by atoms with van der Waals surface area (Å²) in [5.41, 5.74) is 9.55. The summed E-state index contributed by atoms with van der Waals surface area (Å²) in [6.45, 7) is 10.8. The minimum atomic E-state index is -0.772. The number of aliphatic hydroxyl groups is 1. The molecule has 17 rings (SSSR count). The summed E-state index contributed by atoms with van der Waals surface area (Å²) in [7, 11) is 0. The fraction of sp³-hybridized carbons (Fsp3) is 0.368. The van der Waals surface area contributed by atoms with Crippen molar-refractivity contribution >= 4 is 41.1 Å². The van der Waals surface area contributed by atoms with Crippen molar-refractivity contribution in [1.82, 2.24) is 14.8 Å². The molecule has 2 saturated heterocycles. The van der Waals surface area contributed by atoms with Crippen LogP contribution in [-0.4, -0.2) is 200 Å². The van der Waals surface area contributed by atoms with Crippen molar-refractivity contribution in [1.29, 1.82) is 0 Å². The molecule has 0 bridgehead atoms. The number of nitrogens with zero attached hydrogens (tertiary/aromatic N) is 4. The first-order valence-electron chi connectivity index (χ1n) is 51.0. The number of furan rings is 4. The maximum atomic E-state index is 13.4. The van der Waals surface area contributed by atoms with Gasteiger partial charge in [-0.25, -0.2) is 9.78 Å². The van der Waals surface area contributed by atoms with Crippen LogP contribution in [0.5, 0.6) is 34.5 Å². The Hall–Kier alpha value is -14.3. The molecule has 1 amide bonds. The Labute approximate surface area is 866 Å². The Morgan fingerprint density at radius 1 is 0.453 bits per heavy atom. The number of cyclic esters (lactones) is 1. The predicted molar refractivity (Wildman–Crippen MR) is 559 cm³/mol. The highest BCUT2D eigenvalue weighted by atomic mass is 32.1. The lowest BCUT2D eigenvalue weighted by Gasteiger charge is -2.45. The summed E-state index contributed by atoms with van der Waals surface area (Å²) in [4.78, 5) is 66.7. The molecular weight excluding hydrogens is 1910 g/mol. The van der Waals surface area contributed by atoms with Gasteiger partial charge in [0, 0.05) is 126 Å². The molecule has 0 spiro atoms. The van der Waals surface area contributed by atoms with Gasteiger partial charge in [-0.2, -0.15) is 0 Å². The van der Waals surface area contributed by atoms with Gasteiger partial charge in [-0.15, -0.1) is 11.3 Å². The summed E-state index contributed by atoms with van der Waals surface area (Å²) >= 11 is 1.63. The van der Waals surface area contributed by atoms with E-state index in [-0.39, 0.29) is 48.1 Å². The number of morpholine rings is 2. The molecule has 3 fully saturated rings. The first kappa shape index (κ1) is 109. The Morgan fingerprint density at radius 2 is 0.872 bits per heavy atom. The third-order valence-electron chi connectivity index (χ3n) is 25.2. The largest absolute Gasteiger partial charge is 0.633 e. The minimum absolute atomic E-state index is 0.0137. The van der Waals surface area contributed by atoms with Crippen LogP contribution in [0.25, 0.3) is 66.3 Å². The lowest BCUT2D eigenvalue weighted by Crippen LogP contribution is -2.51. The van der Waals surface area contributed by atoms with Crippen LogP contribution in [-0.2, 0) is 67.4 Å². The quantitative estimate of drug-likeness (QED) is 0.0119. The van der Waals surface area contributed by atoms with Crippen molar-refractivity contribution in [2.24, 2.45) is 0 Å². The van der Waals surface area contributed by atoms with E-state index in [9.17, 15) is 34.3 Å². The molecule has 3 aliphatic heterocycles. The first-order valence-corrected chi connectivity index (χ1v) is 51.8. The second-order valence-electron chi connectivity index (χ2n) is 36.3. The van der Waals surface area contributed by atoms with Crippen molar-refractivity contribution in [3.63, 3.8) is 0 Å². The summed E-state index contributed by atoms with van der Waals surface area (Å²) in [6, 6.07) is 78.2. The lowest BCUT2D eigenvalue weighted by molar-refractivity contribution is -0.889. The van der Waals surface area contributed by atoms with Gasteiger partial charge < -0.3 is 110 Å². The monoisotopic (exact) mass is 2040 g/mol. The number of ether oxygens (including phenoxy) is 12. The fourth-order valence-corrected chi connectivity index (χ4v) is 17.7. The number of hydroxylamine groups is 3. The van der Waals surface area contributed by atoms with Crippen molar-refractivity contribution in [3.8, 4) is 101 Å². The maximum Gasteiger partial charge on any atom is 0.341 e. The molecule has 148 heavy (non-hydrogen) atoms. The van der Waals surface area contributed by atoms with Crippen LogP contribution >= 0.6 is 11.3 Å². The number of aliphatic hydroxyl groups excluding tert-OH is 1. The zero-order chi connectivity index (χ0) is 103. The van der Waals surface area contributed by atoms with Gasteiger partial charge in [0.2, 0.25) is 6.29 Å². The van der Waals surface area contributed by atoms with Gasteiger partial charge in [0.25, 0.3) is 11.9 Å². The van der Waals surface area contributed by atoms with Crippen molar-refractivity contribution in [2.75, 3.05) is 105 Å². The standard InChI is InChI=1S/C31H39NO8.C31H39NO7.C30H31NO7.C25H23NO4S/c33-31(34)10-2-1-5-19-37-30-8-4-3-7-26(30)23-39-28(15-16-32(35)17-21-36-22-18-32)24-40-27-13-11-25(12-14-27)29-9-6-20-38-29;33-31(34)10-2-1-5-19-36-30-8-4-3-7-26(30)23-38-28(15-16-32-17-21-35-22-18-32)24-39-27-13-11-25(12-14-27)29-9-6-20-37-29;32-27-19-28(33)38-29(37-27)10-2-1-5-17-35-26-8-4-3-7-23(26)20-31(24-15-16-24)30(34)22-13-11-21(12-14-22)25-9-6-18-36-25;27-24(28)10-2-1-5-15-30-22-8-4-3-7-20(22)23-17-26-25(31-23)19-13-11-18(12-14-19)21-9-6-16-29-21/h3-4,6-9,11-14,20,28H,1-2,5,10,15-19,21-24H2,(H,33,34);3-4,6-9,11-14,20,28H,1-2,5,10,15-19,21-24H2,(H,33,34);3-4,6-9,11-14,18-19,24,29,32H,1-2,5,10,15-17,20H2;3-4,6-9,11-14,16-17H,1-2,5,10,15H2,(H,27,28). The molecule has 1 saturated carbocycles. The molecule has 8 aromatic carbocycles. The van der Waals surface area contributed by atoms with Gasteiger partial charge in [-0.1, -0.05) is 103 Å². The topological polar surface area (TPSA) is 372 Å². The molecule has 4 aliphatic rings. The van der Waals surface area contributed by atoms with E-state index in [1.165, 1.54) is 0 Å². The zero-order valence-corrected chi connectivity index (χ0v) is 84.2. The van der Waals surface area contributed by atoms with E-state index >= 15 is 0 Å². The van der Waals surface area contributed by atoms with E-state index in [0.29, 0.717) is 136 Å². The Kier molecular flexibility index (Phi) is 44.0. The van der Waals surface area contributed by atoms with E-state index in [1.54, 1.807) is 36.4 Å². The Morgan fingerprint density at radius 3 is 1.34 bits per heavy atom. The first-order chi connectivity index (χ1) is 72.4. The molecular formula is C117H132N4O26S. The number of benzene rings is 8. The van der Waals surface area contributed by atoms with Crippen LogP contribution in [0.3, 0.4) is 0 Å². The smallest absolute Gasteiger partial charge is 0.341 e. The number of hydrogen-bond donors (Lipinski definition) is 4. The number of carboxylic acid groups (broad SMARTS) is 3. The number of esters is 1. The molecule has 31 heteroatoms. The number of carbonyl (C=O) groups excluding carboxylic acids is 2. The number of amides is 1. The maximum absolute atomic E-state index is 13.4. The van der Waals surface area contributed by atoms with Crippen molar-refractivity contribution < 1.29 is 124 Å². The number of aliphatic carboxylic acids is 3. The number of para-hydroxylation sites is 4. The van der Waals surface area contributed by atoms with Gasteiger partial charge in [-0.3, -0.25) is 24.1 Å². The average Bonchev–Trinajstić information content (AvgIpc) is 1.36. The third-order valence-corrected chi connectivity index (χ3v) is 26.2. The molecule has 13 aromatic rings. The van der Waals surface area contributed by atoms with E-state index in [2.05, 4.69) is 22.0 Å². The molecule has 5 aromatic heterocycles. The molecule has 8 heterocycles. The predicted octanol–water partition coefficient (Wildman–Crippen LogP) is 24.1. The minimum Gasteiger partial charge on any atom is -0.633 e. The number of quaternary nitrogens is 1. The normalized spacial score (nSPS) is 14.6. The summed E-state index contributed by atoms with van der Waals surface area (Å²) in [5.74, 6) is 4.64. The average molecular weight is 2040 g/mol. The van der Waals surface area contributed by atoms with Crippen LogP contribution in [0, 0.1) is 5.21 Å². The van der Waals surface area contributed by atoms with Crippen molar-refractivity contribution in [3.05, 3.63) is 313 Å². The number of carbonyl (C=O) groups is 5. The summed E-state index contributed by atoms with van der Waals surface area (Å²) in [6.07, 6.45) is 22.1. The van der Waals surface area contributed by atoms with Gasteiger partial charge in [-0.05, 0) is 236 Å². The Bertz CT molecular complexity index is 6100. The molecule has 1 aliphatic carbocycles. The molecule has 782 valence electrons. The van der Waals surface area contributed by atoms with Crippen LogP contribution in [0.4, 0.5) is 0 Å². The lowest BCUT2D eigenvalue weighted by atomic mass is 10.1. The van der Waals surface area contributed by atoms with Crippen LogP contribution < -0.4 is 28.4 Å². The zero-order valence-electron chi connectivity index (χ0n) is 83.4. The molecule has 30 nitrogen and oxygen atoms in total. The van der Waals surface area contributed by atoms with E-state index in [4.69, 9.17) is 89.8 Å². The number of unbranched alkanes of at least 4 members (excludes halogenated alkanes) is 8. The molecule has 3 atom stereocenters.